The predicted octanol–water partition coefficient (Wildman–Crippen LogP) is 0.236. The summed E-state index contributed by atoms with van der Waals surface area (Å²) < 4.78 is 0. The molecule has 1 aliphatic heterocycles. The first-order valence-corrected chi connectivity index (χ1v) is 8.47. The van der Waals surface area contributed by atoms with Crippen LogP contribution in [0.1, 0.15) is 37.1 Å². The van der Waals surface area contributed by atoms with Crippen molar-refractivity contribution in [2.24, 2.45) is 0 Å². The molecule has 1 saturated heterocycles. The van der Waals surface area contributed by atoms with Crippen molar-refractivity contribution in [1.29, 1.82) is 0 Å². The van der Waals surface area contributed by atoms with Gasteiger partial charge in [-0.1, -0.05) is 60.7 Å². The quantitative estimate of drug-likeness (QED) is 0.613. The smallest absolute Gasteiger partial charge is 0.223 e. The molecule has 2 unspecified atom stereocenters. The van der Waals surface area contributed by atoms with Gasteiger partial charge in [0.15, 0.2) is 0 Å². The summed E-state index contributed by atoms with van der Waals surface area (Å²) in [5, 5.41) is 0. The molecule has 3 rings (SSSR count). The summed E-state index contributed by atoms with van der Waals surface area (Å²) in [5.41, 5.74) is 2.71. The molecule has 1 fully saturated rings. The zero-order chi connectivity index (χ0) is 15.5. The van der Waals surface area contributed by atoms with Crippen LogP contribution in [0.4, 0.5) is 0 Å². The maximum Gasteiger partial charge on any atom is 0.223 e. The van der Waals surface area contributed by atoms with E-state index in [0.29, 0.717) is 12.1 Å². The standard InChI is InChI=1S/C19H23ClN2.ClH/c1-15(17-9-5-3-6-10-17)21-13-14-22(19(21)20)16(2)18-11-7-4-8-12-18;/h3-12,15-16,19H,13-14H2,1-2H3;1H/t15-,16-;/m0./s1. The molecular weight excluding hydrogens is 327 g/mol. The molecule has 1 heterocycles. The molecule has 4 atom stereocenters. The third-order valence-electron chi connectivity index (χ3n) is 4.89. The molecule has 1 N–H and O–H groups in total. The fourth-order valence-electron chi connectivity index (χ4n) is 3.40. The van der Waals surface area contributed by atoms with Gasteiger partial charge in [-0.15, -0.1) is 0 Å². The van der Waals surface area contributed by atoms with E-state index in [4.69, 9.17) is 11.6 Å². The summed E-state index contributed by atoms with van der Waals surface area (Å²) in [4.78, 5) is 3.85. The third kappa shape index (κ3) is 3.89. The molecule has 2 aromatic rings. The monoisotopic (exact) mass is 350 g/mol. The molecule has 0 spiro atoms. The van der Waals surface area contributed by atoms with Crippen molar-refractivity contribution in [2.45, 2.75) is 31.6 Å². The molecular formula is C19H24Cl2N2. The van der Waals surface area contributed by atoms with Crippen LogP contribution in [0.5, 0.6) is 0 Å². The Kier molecular flexibility index (Phi) is 6.49. The fourth-order valence-corrected chi connectivity index (χ4v) is 3.96. The second-order valence-corrected chi connectivity index (χ2v) is 6.53. The number of hydrogen-bond acceptors (Lipinski definition) is 1. The first-order chi connectivity index (χ1) is 10.7. The minimum absolute atomic E-state index is 0. The van der Waals surface area contributed by atoms with Crippen molar-refractivity contribution < 1.29 is 17.3 Å². The van der Waals surface area contributed by atoms with Gasteiger partial charge < -0.3 is 12.4 Å². The Morgan fingerprint density at radius 3 is 2.04 bits per heavy atom. The lowest BCUT2D eigenvalue weighted by molar-refractivity contribution is -0.934. The Labute approximate surface area is 150 Å². The van der Waals surface area contributed by atoms with E-state index in [-0.39, 0.29) is 18.0 Å². The highest BCUT2D eigenvalue weighted by Crippen LogP contribution is 2.24. The van der Waals surface area contributed by atoms with Crippen LogP contribution in [0.3, 0.4) is 0 Å². The lowest BCUT2D eigenvalue weighted by atomic mass is 10.1. The number of nitrogens with one attached hydrogen (secondary N) is 1. The predicted molar refractivity (Wildman–Crippen MR) is 91.9 cm³/mol. The molecule has 0 bridgehead atoms. The van der Waals surface area contributed by atoms with Crippen LogP contribution in [0.2, 0.25) is 0 Å². The summed E-state index contributed by atoms with van der Waals surface area (Å²) in [6, 6.07) is 22.1. The van der Waals surface area contributed by atoms with Crippen molar-refractivity contribution >= 4 is 11.6 Å². The van der Waals surface area contributed by atoms with Gasteiger partial charge in [0, 0.05) is 11.6 Å². The Morgan fingerprint density at radius 1 is 0.957 bits per heavy atom. The molecule has 0 radical (unpaired) electrons. The van der Waals surface area contributed by atoms with Crippen molar-refractivity contribution in [3.8, 4) is 0 Å². The van der Waals surface area contributed by atoms with Gasteiger partial charge in [0.1, 0.15) is 6.04 Å². The number of alkyl halides is 1. The van der Waals surface area contributed by atoms with E-state index in [0.717, 1.165) is 13.1 Å². The second-order valence-electron chi connectivity index (χ2n) is 6.12. The van der Waals surface area contributed by atoms with E-state index in [1.54, 1.807) is 0 Å². The SMILES string of the molecule is C[C@@H](c1ccccc1)N1CC[NH+]([C@@H](C)c2ccccc2)C1Cl.[Cl-]. The first-order valence-electron chi connectivity index (χ1n) is 8.04. The lowest BCUT2D eigenvalue weighted by Crippen LogP contribution is -3.13. The molecule has 23 heavy (non-hydrogen) atoms. The zero-order valence-corrected chi connectivity index (χ0v) is 15.1. The average Bonchev–Trinajstić information content (AvgIpc) is 2.96. The van der Waals surface area contributed by atoms with Crippen molar-refractivity contribution in [3.05, 3.63) is 71.8 Å². The Hall–Kier alpha value is -1.06. The molecule has 0 amide bonds. The molecule has 2 nitrogen and oxygen atoms in total. The number of nitrogens with zero attached hydrogens (tertiary/aromatic N) is 1. The highest BCUT2D eigenvalue weighted by atomic mass is 35.5. The topological polar surface area (TPSA) is 7.68 Å². The summed E-state index contributed by atoms with van der Waals surface area (Å²) in [7, 11) is 0. The van der Waals surface area contributed by atoms with Gasteiger partial charge >= 0.3 is 0 Å². The van der Waals surface area contributed by atoms with Gasteiger partial charge in [-0.3, -0.25) is 4.90 Å². The van der Waals surface area contributed by atoms with Crippen molar-refractivity contribution in [1.82, 2.24) is 4.90 Å². The highest BCUT2D eigenvalue weighted by molar-refractivity contribution is 6.19. The summed E-state index contributed by atoms with van der Waals surface area (Å²) >= 11 is 6.82. The van der Waals surface area contributed by atoms with Crippen molar-refractivity contribution in [2.75, 3.05) is 13.1 Å². The molecule has 1 aliphatic rings. The van der Waals surface area contributed by atoms with E-state index in [2.05, 4.69) is 79.4 Å². The Bertz CT molecular complexity index is 537. The van der Waals surface area contributed by atoms with E-state index >= 15 is 0 Å². The molecule has 124 valence electrons. The Morgan fingerprint density at radius 2 is 1.48 bits per heavy atom. The summed E-state index contributed by atoms with van der Waals surface area (Å²) in [6.45, 7) is 6.65. The van der Waals surface area contributed by atoms with Crippen LogP contribution < -0.4 is 17.3 Å². The normalized spacial score (nSPS) is 24.0. The van der Waals surface area contributed by atoms with Crippen LogP contribution in [-0.2, 0) is 0 Å². The highest BCUT2D eigenvalue weighted by Gasteiger charge is 2.40. The molecule has 0 saturated carbocycles. The van der Waals surface area contributed by atoms with Gasteiger partial charge in [-0.2, -0.15) is 0 Å². The zero-order valence-electron chi connectivity index (χ0n) is 13.6. The second kappa shape index (κ2) is 8.16. The number of halogens is 2. The fraction of sp³-hybridized carbons (Fsp3) is 0.368. The van der Waals surface area contributed by atoms with E-state index in [1.165, 1.54) is 16.0 Å². The first kappa shape index (κ1) is 18.3. The van der Waals surface area contributed by atoms with Gasteiger partial charge in [-0.25, -0.2) is 4.90 Å². The maximum absolute atomic E-state index is 6.82. The summed E-state index contributed by atoms with van der Waals surface area (Å²) in [5.74, 6) is 0. The lowest BCUT2D eigenvalue weighted by Gasteiger charge is -2.30. The molecule has 2 aromatic carbocycles. The van der Waals surface area contributed by atoms with Crippen LogP contribution >= 0.6 is 11.6 Å². The molecule has 0 aliphatic carbocycles. The minimum Gasteiger partial charge on any atom is -1.00 e. The van der Waals surface area contributed by atoms with E-state index in [1.807, 2.05) is 0 Å². The van der Waals surface area contributed by atoms with Crippen LogP contribution in [-0.4, -0.2) is 23.6 Å². The van der Waals surface area contributed by atoms with Crippen LogP contribution in [0.15, 0.2) is 60.7 Å². The average molecular weight is 351 g/mol. The van der Waals surface area contributed by atoms with E-state index in [9.17, 15) is 0 Å². The van der Waals surface area contributed by atoms with Crippen molar-refractivity contribution in [3.63, 3.8) is 0 Å². The van der Waals surface area contributed by atoms with Gasteiger partial charge in [0.25, 0.3) is 0 Å². The van der Waals surface area contributed by atoms with Crippen LogP contribution in [0, 0.1) is 0 Å². The minimum atomic E-state index is 0. The largest absolute Gasteiger partial charge is 1.00 e. The number of quaternary nitrogens is 1. The van der Waals surface area contributed by atoms with E-state index < -0.39 is 0 Å². The van der Waals surface area contributed by atoms with Gasteiger partial charge in [0.2, 0.25) is 5.62 Å². The maximum atomic E-state index is 6.82. The Balaban J connectivity index is 0.00000192. The van der Waals surface area contributed by atoms with Gasteiger partial charge in [-0.05, 0) is 31.0 Å². The number of hydrogen-bond donors (Lipinski definition) is 1. The number of benzene rings is 2. The third-order valence-corrected chi connectivity index (χ3v) is 5.42. The summed E-state index contributed by atoms with van der Waals surface area (Å²) in [6.07, 6.45) is 0. The van der Waals surface area contributed by atoms with Crippen LogP contribution in [0.25, 0.3) is 0 Å². The van der Waals surface area contributed by atoms with Gasteiger partial charge in [0.05, 0.1) is 13.1 Å². The molecule has 0 aromatic heterocycles. The number of rotatable bonds is 4. The molecule has 4 heteroatoms.